The van der Waals surface area contributed by atoms with Crippen LogP contribution in [-0.4, -0.2) is 24.1 Å². The van der Waals surface area contributed by atoms with Crippen LogP contribution < -0.4 is 10.1 Å². The number of hydrogen-bond donors (Lipinski definition) is 1. The van der Waals surface area contributed by atoms with Crippen molar-refractivity contribution in [3.63, 3.8) is 0 Å². The van der Waals surface area contributed by atoms with Crippen molar-refractivity contribution in [1.29, 1.82) is 0 Å². The van der Waals surface area contributed by atoms with Gasteiger partial charge in [0.15, 0.2) is 5.78 Å². The molecule has 25 heavy (non-hydrogen) atoms. The summed E-state index contributed by atoms with van der Waals surface area (Å²) in [7, 11) is 0. The summed E-state index contributed by atoms with van der Waals surface area (Å²) in [5.74, 6) is 0.987. The molecule has 0 radical (unpaired) electrons. The van der Waals surface area contributed by atoms with E-state index in [-0.39, 0.29) is 23.3 Å². The SMILES string of the molecule is CCOc1ccc(C(C)=O)cc1CSCC(=O)Nc1ccc(F)cc1. The minimum atomic E-state index is -0.346. The van der Waals surface area contributed by atoms with Gasteiger partial charge in [-0.05, 0) is 56.3 Å². The van der Waals surface area contributed by atoms with Crippen LogP contribution in [0.2, 0.25) is 0 Å². The highest BCUT2D eigenvalue weighted by Crippen LogP contribution is 2.25. The summed E-state index contributed by atoms with van der Waals surface area (Å²) in [6.45, 7) is 3.94. The molecule has 0 aliphatic rings. The van der Waals surface area contributed by atoms with Gasteiger partial charge >= 0.3 is 0 Å². The summed E-state index contributed by atoms with van der Waals surface area (Å²) in [5.41, 5.74) is 2.06. The third-order valence-electron chi connectivity index (χ3n) is 3.39. The molecule has 0 aliphatic heterocycles. The van der Waals surface area contributed by atoms with Crippen LogP contribution in [0.1, 0.15) is 29.8 Å². The summed E-state index contributed by atoms with van der Waals surface area (Å²) in [4.78, 5) is 23.5. The monoisotopic (exact) mass is 361 g/mol. The molecule has 0 saturated carbocycles. The van der Waals surface area contributed by atoms with Crippen LogP contribution in [-0.2, 0) is 10.5 Å². The molecule has 1 N–H and O–H groups in total. The molecule has 2 aromatic rings. The van der Waals surface area contributed by atoms with E-state index < -0.39 is 0 Å². The molecule has 132 valence electrons. The Labute approximate surface area is 150 Å². The number of carbonyl (C=O) groups is 2. The van der Waals surface area contributed by atoms with Crippen LogP contribution in [0.3, 0.4) is 0 Å². The fourth-order valence-electron chi connectivity index (χ4n) is 2.19. The lowest BCUT2D eigenvalue weighted by Gasteiger charge is -2.11. The van der Waals surface area contributed by atoms with E-state index in [1.54, 1.807) is 18.2 Å². The first-order chi connectivity index (χ1) is 12.0. The second-order valence-electron chi connectivity index (χ2n) is 5.36. The molecule has 0 saturated heterocycles. The molecule has 0 heterocycles. The number of benzene rings is 2. The molecule has 2 aromatic carbocycles. The van der Waals surface area contributed by atoms with Crippen LogP contribution in [0, 0.1) is 5.82 Å². The van der Waals surface area contributed by atoms with Crippen LogP contribution in [0.5, 0.6) is 5.75 Å². The largest absolute Gasteiger partial charge is 0.494 e. The molecule has 1 amide bonds. The lowest BCUT2D eigenvalue weighted by Crippen LogP contribution is -2.14. The van der Waals surface area contributed by atoms with Crippen LogP contribution in [0.15, 0.2) is 42.5 Å². The van der Waals surface area contributed by atoms with Gasteiger partial charge in [0.2, 0.25) is 5.91 Å². The first kappa shape index (κ1) is 19.0. The van der Waals surface area contributed by atoms with Gasteiger partial charge in [0.25, 0.3) is 0 Å². The number of hydrogen-bond acceptors (Lipinski definition) is 4. The van der Waals surface area contributed by atoms with E-state index in [2.05, 4.69) is 5.32 Å². The number of amides is 1. The Kier molecular flexibility index (Phi) is 7.01. The van der Waals surface area contributed by atoms with Gasteiger partial charge < -0.3 is 10.1 Å². The molecule has 6 heteroatoms. The number of carbonyl (C=O) groups excluding carboxylic acids is 2. The van der Waals surface area contributed by atoms with Crippen molar-refractivity contribution >= 4 is 29.1 Å². The van der Waals surface area contributed by atoms with Crippen LogP contribution in [0.25, 0.3) is 0 Å². The van der Waals surface area contributed by atoms with Gasteiger partial charge in [0.1, 0.15) is 11.6 Å². The summed E-state index contributed by atoms with van der Waals surface area (Å²) < 4.78 is 18.4. The third-order valence-corrected chi connectivity index (χ3v) is 4.37. The van der Waals surface area contributed by atoms with E-state index in [9.17, 15) is 14.0 Å². The Morgan fingerprint density at radius 3 is 2.52 bits per heavy atom. The molecular weight excluding hydrogens is 341 g/mol. The molecule has 0 spiro atoms. The number of halogens is 1. The topological polar surface area (TPSA) is 55.4 Å². The number of nitrogens with one attached hydrogen (secondary N) is 1. The van der Waals surface area contributed by atoms with Crippen molar-refractivity contribution in [2.45, 2.75) is 19.6 Å². The summed E-state index contributed by atoms with van der Waals surface area (Å²) >= 11 is 1.42. The zero-order valence-corrected chi connectivity index (χ0v) is 15.0. The van der Waals surface area contributed by atoms with Crippen molar-refractivity contribution < 1.29 is 18.7 Å². The first-order valence-electron chi connectivity index (χ1n) is 7.89. The van der Waals surface area contributed by atoms with Crippen LogP contribution in [0.4, 0.5) is 10.1 Å². The second-order valence-corrected chi connectivity index (χ2v) is 6.35. The average Bonchev–Trinajstić information content (AvgIpc) is 2.58. The van der Waals surface area contributed by atoms with Gasteiger partial charge in [-0.2, -0.15) is 0 Å². The molecule has 2 rings (SSSR count). The number of ketones is 1. The Balaban J connectivity index is 1.93. The number of Topliss-reactive ketones (excluding diaryl/α,β-unsaturated/α-hetero) is 1. The maximum atomic E-state index is 12.9. The Bertz CT molecular complexity index is 747. The highest BCUT2D eigenvalue weighted by Gasteiger charge is 2.10. The summed E-state index contributed by atoms with van der Waals surface area (Å²) in [5, 5.41) is 2.71. The van der Waals surface area contributed by atoms with Crippen molar-refractivity contribution in [3.05, 3.63) is 59.4 Å². The Morgan fingerprint density at radius 1 is 1.16 bits per heavy atom. The Hall–Kier alpha value is -2.34. The molecule has 0 aromatic heterocycles. The number of rotatable bonds is 8. The highest BCUT2D eigenvalue weighted by atomic mass is 32.2. The quantitative estimate of drug-likeness (QED) is 0.712. The molecule has 4 nitrogen and oxygen atoms in total. The van der Waals surface area contributed by atoms with Gasteiger partial charge in [-0.3, -0.25) is 9.59 Å². The van der Waals surface area contributed by atoms with Crippen molar-refractivity contribution in [1.82, 2.24) is 0 Å². The van der Waals surface area contributed by atoms with E-state index in [1.165, 1.54) is 43.0 Å². The zero-order chi connectivity index (χ0) is 18.2. The van der Waals surface area contributed by atoms with E-state index in [0.717, 1.165) is 11.3 Å². The van der Waals surface area contributed by atoms with E-state index >= 15 is 0 Å². The third kappa shape index (κ3) is 5.90. The minimum Gasteiger partial charge on any atom is -0.494 e. The van der Waals surface area contributed by atoms with E-state index in [4.69, 9.17) is 4.74 Å². The maximum Gasteiger partial charge on any atom is 0.234 e. The predicted octanol–water partition coefficient (Wildman–Crippen LogP) is 4.30. The number of anilines is 1. The lowest BCUT2D eigenvalue weighted by molar-refractivity contribution is -0.113. The predicted molar refractivity (Wildman–Crippen MR) is 98.8 cm³/mol. The van der Waals surface area contributed by atoms with Gasteiger partial charge in [0, 0.05) is 22.6 Å². The minimum absolute atomic E-state index is 0.0108. The normalized spacial score (nSPS) is 10.4. The standard InChI is InChI=1S/C19H20FNO3S/c1-3-24-18-9-4-14(13(2)22)10-15(18)11-25-12-19(23)21-17-7-5-16(20)6-8-17/h4-10H,3,11-12H2,1-2H3,(H,21,23). The number of thioether (sulfide) groups is 1. The smallest absolute Gasteiger partial charge is 0.234 e. The molecule has 0 aliphatic carbocycles. The van der Waals surface area contributed by atoms with Gasteiger partial charge in [0.05, 0.1) is 12.4 Å². The zero-order valence-electron chi connectivity index (χ0n) is 14.2. The fourth-order valence-corrected chi connectivity index (χ4v) is 3.00. The fraction of sp³-hybridized carbons (Fsp3) is 0.263. The Morgan fingerprint density at radius 2 is 1.88 bits per heavy atom. The summed E-state index contributed by atoms with van der Waals surface area (Å²) in [6, 6.07) is 11.0. The van der Waals surface area contributed by atoms with Crippen molar-refractivity contribution in [3.8, 4) is 5.75 Å². The van der Waals surface area contributed by atoms with Crippen molar-refractivity contribution in [2.75, 3.05) is 17.7 Å². The van der Waals surface area contributed by atoms with Gasteiger partial charge in [-0.1, -0.05) is 0 Å². The number of ether oxygens (including phenoxy) is 1. The van der Waals surface area contributed by atoms with Crippen molar-refractivity contribution in [2.24, 2.45) is 0 Å². The molecular formula is C19H20FNO3S. The second kappa shape index (κ2) is 9.22. The molecule has 0 atom stereocenters. The molecule has 0 fully saturated rings. The van der Waals surface area contributed by atoms with E-state index in [0.29, 0.717) is 23.6 Å². The first-order valence-corrected chi connectivity index (χ1v) is 9.05. The molecule has 0 unspecified atom stereocenters. The van der Waals surface area contributed by atoms with E-state index in [1.807, 2.05) is 6.92 Å². The highest BCUT2D eigenvalue weighted by molar-refractivity contribution is 7.99. The van der Waals surface area contributed by atoms with Crippen LogP contribution >= 0.6 is 11.8 Å². The lowest BCUT2D eigenvalue weighted by atomic mass is 10.1. The van der Waals surface area contributed by atoms with Gasteiger partial charge in [-0.25, -0.2) is 4.39 Å². The van der Waals surface area contributed by atoms with Gasteiger partial charge in [-0.15, -0.1) is 11.8 Å². The molecule has 0 bridgehead atoms. The average molecular weight is 361 g/mol. The summed E-state index contributed by atoms with van der Waals surface area (Å²) in [6.07, 6.45) is 0. The maximum absolute atomic E-state index is 12.9.